The molecule has 2 amide bonds. The van der Waals surface area contributed by atoms with E-state index in [2.05, 4.69) is 10.6 Å². The molecule has 6 heteroatoms. The number of carbonyl (C=O) groups excluding carboxylic acids is 3. The van der Waals surface area contributed by atoms with Crippen molar-refractivity contribution in [2.75, 3.05) is 17.2 Å². The first-order chi connectivity index (χ1) is 16.0. The maximum absolute atomic E-state index is 12.5. The number of anilines is 2. The second-order valence-corrected chi connectivity index (χ2v) is 7.76. The van der Waals surface area contributed by atoms with E-state index in [1.807, 2.05) is 61.5 Å². The van der Waals surface area contributed by atoms with Gasteiger partial charge in [0, 0.05) is 23.4 Å². The number of hydrogen-bond acceptors (Lipinski definition) is 4. The fraction of sp³-hybridized carbons (Fsp3) is 0.222. The molecule has 0 aliphatic heterocycles. The SMILES string of the molecule is Cc1cccc(NC(=O)c2cccc(NC(=O)CCC(=O)OCCCc3ccccc3)c2)c1. The largest absolute Gasteiger partial charge is 0.466 e. The van der Waals surface area contributed by atoms with Gasteiger partial charge in [-0.2, -0.15) is 0 Å². The first-order valence-electron chi connectivity index (χ1n) is 11.0. The fourth-order valence-electron chi connectivity index (χ4n) is 3.28. The van der Waals surface area contributed by atoms with Gasteiger partial charge in [-0.05, 0) is 61.2 Å². The molecule has 0 aliphatic rings. The van der Waals surface area contributed by atoms with Crippen molar-refractivity contribution in [1.82, 2.24) is 0 Å². The molecule has 0 aromatic heterocycles. The summed E-state index contributed by atoms with van der Waals surface area (Å²) in [5.41, 5.74) is 3.86. The molecule has 3 aromatic carbocycles. The number of aryl methyl sites for hydroxylation is 2. The Hall–Kier alpha value is -3.93. The summed E-state index contributed by atoms with van der Waals surface area (Å²) >= 11 is 0. The molecule has 0 atom stereocenters. The monoisotopic (exact) mass is 444 g/mol. The zero-order valence-electron chi connectivity index (χ0n) is 18.7. The number of ether oxygens (including phenoxy) is 1. The summed E-state index contributed by atoms with van der Waals surface area (Å²) in [5, 5.41) is 5.57. The van der Waals surface area contributed by atoms with Gasteiger partial charge in [0.25, 0.3) is 5.91 Å². The molecule has 6 nitrogen and oxygen atoms in total. The highest BCUT2D eigenvalue weighted by molar-refractivity contribution is 6.05. The maximum Gasteiger partial charge on any atom is 0.306 e. The van der Waals surface area contributed by atoms with Crippen LogP contribution in [0.4, 0.5) is 11.4 Å². The van der Waals surface area contributed by atoms with E-state index >= 15 is 0 Å². The molecule has 0 fully saturated rings. The number of amides is 2. The van der Waals surface area contributed by atoms with Crippen LogP contribution in [0.5, 0.6) is 0 Å². The lowest BCUT2D eigenvalue weighted by Gasteiger charge is -2.09. The molecule has 2 N–H and O–H groups in total. The third-order valence-corrected chi connectivity index (χ3v) is 4.96. The highest BCUT2D eigenvalue weighted by atomic mass is 16.5. The van der Waals surface area contributed by atoms with Crippen LogP contribution in [0.2, 0.25) is 0 Å². The minimum Gasteiger partial charge on any atom is -0.466 e. The molecule has 0 radical (unpaired) electrons. The van der Waals surface area contributed by atoms with Gasteiger partial charge in [0.05, 0.1) is 13.0 Å². The molecule has 0 unspecified atom stereocenters. The zero-order valence-corrected chi connectivity index (χ0v) is 18.7. The van der Waals surface area contributed by atoms with E-state index in [1.165, 1.54) is 5.56 Å². The molecule has 0 bridgehead atoms. The van der Waals surface area contributed by atoms with Gasteiger partial charge in [0.1, 0.15) is 0 Å². The number of rotatable bonds is 10. The van der Waals surface area contributed by atoms with Gasteiger partial charge in [-0.25, -0.2) is 0 Å². The highest BCUT2D eigenvalue weighted by Gasteiger charge is 2.11. The van der Waals surface area contributed by atoms with Crippen molar-refractivity contribution in [3.63, 3.8) is 0 Å². The van der Waals surface area contributed by atoms with Crippen LogP contribution in [0, 0.1) is 6.92 Å². The normalized spacial score (nSPS) is 10.3. The average Bonchev–Trinajstić information content (AvgIpc) is 2.81. The van der Waals surface area contributed by atoms with Crippen molar-refractivity contribution in [1.29, 1.82) is 0 Å². The van der Waals surface area contributed by atoms with Crippen LogP contribution >= 0.6 is 0 Å². The molecule has 3 rings (SSSR count). The topological polar surface area (TPSA) is 84.5 Å². The fourth-order valence-corrected chi connectivity index (χ4v) is 3.28. The van der Waals surface area contributed by atoms with Crippen LogP contribution in [-0.2, 0) is 20.7 Å². The summed E-state index contributed by atoms with van der Waals surface area (Å²) < 4.78 is 5.21. The molecule has 0 spiro atoms. The van der Waals surface area contributed by atoms with Crippen LogP contribution in [0.25, 0.3) is 0 Å². The molecule has 3 aromatic rings. The third-order valence-electron chi connectivity index (χ3n) is 4.96. The van der Waals surface area contributed by atoms with Crippen molar-refractivity contribution >= 4 is 29.2 Å². The van der Waals surface area contributed by atoms with Crippen LogP contribution in [0.3, 0.4) is 0 Å². The number of nitrogens with one attached hydrogen (secondary N) is 2. The zero-order chi connectivity index (χ0) is 23.5. The van der Waals surface area contributed by atoms with Crippen LogP contribution in [0.15, 0.2) is 78.9 Å². The van der Waals surface area contributed by atoms with Crippen molar-refractivity contribution in [2.45, 2.75) is 32.6 Å². The van der Waals surface area contributed by atoms with Crippen LogP contribution in [0.1, 0.15) is 40.7 Å². The lowest BCUT2D eigenvalue weighted by Crippen LogP contribution is -2.16. The van der Waals surface area contributed by atoms with Crippen molar-refractivity contribution in [3.05, 3.63) is 95.6 Å². The van der Waals surface area contributed by atoms with Crippen molar-refractivity contribution in [2.24, 2.45) is 0 Å². The summed E-state index contributed by atoms with van der Waals surface area (Å²) in [6.07, 6.45) is 1.59. The Labute approximate surface area is 194 Å². The predicted molar refractivity (Wildman–Crippen MR) is 129 cm³/mol. The smallest absolute Gasteiger partial charge is 0.306 e. The predicted octanol–water partition coefficient (Wildman–Crippen LogP) is 5.14. The van der Waals surface area contributed by atoms with Gasteiger partial charge in [0.2, 0.25) is 5.91 Å². The summed E-state index contributed by atoms with van der Waals surface area (Å²) in [6, 6.07) is 24.2. The van der Waals surface area contributed by atoms with E-state index in [-0.39, 0.29) is 24.7 Å². The standard InChI is InChI=1S/C27H28N2O4/c1-20-8-5-13-23(18-20)29-27(32)22-12-6-14-24(19-22)28-25(30)15-16-26(31)33-17-7-11-21-9-3-2-4-10-21/h2-6,8-10,12-14,18-19H,7,11,15-17H2,1H3,(H,28,30)(H,29,32). The molecular weight excluding hydrogens is 416 g/mol. The van der Waals surface area contributed by atoms with Gasteiger partial charge < -0.3 is 15.4 Å². The molecule has 0 saturated carbocycles. The Morgan fingerprint density at radius 2 is 1.52 bits per heavy atom. The Morgan fingerprint density at radius 1 is 0.788 bits per heavy atom. The Kier molecular flexibility index (Phi) is 8.77. The molecule has 0 saturated heterocycles. The first kappa shape index (κ1) is 23.7. The van der Waals surface area contributed by atoms with Gasteiger partial charge in [-0.15, -0.1) is 0 Å². The lowest BCUT2D eigenvalue weighted by atomic mass is 10.1. The quantitative estimate of drug-likeness (QED) is 0.335. The Morgan fingerprint density at radius 3 is 2.27 bits per heavy atom. The number of carbonyl (C=O) groups is 3. The van der Waals surface area contributed by atoms with E-state index in [9.17, 15) is 14.4 Å². The number of hydrogen-bond donors (Lipinski definition) is 2. The van der Waals surface area contributed by atoms with Crippen molar-refractivity contribution < 1.29 is 19.1 Å². The van der Waals surface area contributed by atoms with E-state index < -0.39 is 5.97 Å². The second-order valence-electron chi connectivity index (χ2n) is 7.76. The number of benzene rings is 3. The summed E-state index contributed by atoms with van der Waals surface area (Å²) in [5.74, 6) is -0.979. The molecule has 0 heterocycles. The van der Waals surface area contributed by atoms with Crippen LogP contribution in [-0.4, -0.2) is 24.4 Å². The van der Waals surface area contributed by atoms with Gasteiger partial charge in [-0.3, -0.25) is 14.4 Å². The number of esters is 1. The third kappa shape index (κ3) is 8.26. The summed E-state index contributed by atoms with van der Waals surface area (Å²) in [6.45, 7) is 2.28. The maximum atomic E-state index is 12.5. The lowest BCUT2D eigenvalue weighted by molar-refractivity contribution is -0.144. The molecular formula is C27H28N2O4. The second kappa shape index (κ2) is 12.2. The van der Waals surface area contributed by atoms with Gasteiger partial charge in [-0.1, -0.05) is 48.5 Å². The van der Waals surface area contributed by atoms with E-state index in [0.717, 1.165) is 18.4 Å². The minimum atomic E-state index is -0.399. The molecule has 170 valence electrons. The first-order valence-corrected chi connectivity index (χ1v) is 11.0. The minimum absolute atomic E-state index is 0.00467. The Bertz CT molecular complexity index is 1100. The van der Waals surface area contributed by atoms with Crippen molar-refractivity contribution in [3.8, 4) is 0 Å². The summed E-state index contributed by atoms with van der Waals surface area (Å²) in [4.78, 5) is 36.6. The average molecular weight is 445 g/mol. The van der Waals surface area contributed by atoms with Gasteiger partial charge >= 0.3 is 5.97 Å². The van der Waals surface area contributed by atoms with Gasteiger partial charge in [0.15, 0.2) is 0 Å². The highest BCUT2D eigenvalue weighted by Crippen LogP contribution is 2.15. The molecule has 0 aliphatic carbocycles. The molecule has 33 heavy (non-hydrogen) atoms. The van der Waals surface area contributed by atoms with E-state index in [0.29, 0.717) is 23.5 Å². The van der Waals surface area contributed by atoms with E-state index in [1.54, 1.807) is 24.3 Å². The van der Waals surface area contributed by atoms with Crippen LogP contribution < -0.4 is 10.6 Å². The Balaban J connectivity index is 1.40. The summed E-state index contributed by atoms with van der Waals surface area (Å²) in [7, 11) is 0. The van der Waals surface area contributed by atoms with E-state index in [4.69, 9.17) is 4.74 Å².